The SMILES string of the molecule is CNCC1CCC(C(=O)O)(C(=O)OCC2c3ccccc3-c3ccccc32)CC1. The van der Waals surface area contributed by atoms with Crippen molar-refractivity contribution in [2.45, 2.75) is 31.6 Å². The fraction of sp³-hybridized carbons (Fsp3) is 0.417. The molecule has 2 aromatic rings. The van der Waals surface area contributed by atoms with Crippen molar-refractivity contribution >= 4 is 11.9 Å². The predicted molar refractivity (Wildman–Crippen MR) is 111 cm³/mol. The van der Waals surface area contributed by atoms with Crippen LogP contribution in [0.3, 0.4) is 0 Å². The molecule has 0 amide bonds. The van der Waals surface area contributed by atoms with E-state index >= 15 is 0 Å². The third-order valence-corrected chi connectivity index (χ3v) is 6.60. The van der Waals surface area contributed by atoms with Crippen LogP contribution in [0.2, 0.25) is 0 Å². The Morgan fingerprint density at radius 2 is 1.59 bits per heavy atom. The number of carbonyl (C=O) groups is 2. The van der Waals surface area contributed by atoms with Crippen LogP contribution in [0.15, 0.2) is 48.5 Å². The summed E-state index contributed by atoms with van der Waals surface area (Å²) in [7, 11) is 1.89. The van der Waals surface area contributed by atoms with Crippen LogP contribution in [0.25, 0.3) is 11.1 Å². The van der Waals surface area contributed by atoms with Crippen molar-refractivity contribution in [2.24, 2.45) is 11.3 Å². The van der Waals surface area contributed by atoms with E-state index in [9.17, 15) is 14.7 Å². The van der Waals surface area contributed by atoms with Gasteiger partial charge in [0.05, 0.1) is 0 Å². The molecule has 29 heavy (non-hydrogen) atoms. The highest BCUT2D eigenvalue weighted by atomic mass is 16.5. The van der Waals surface area contributed by atoms with E-state index in [4.69, 9.17) is 4.74 Å². The topological polar surface area (TPSA) is 75.6 Å². The fourth-order valence-corrected chi connectivity index (χ4v) is 4.91. The molecule has 4 rings (SSSR count). The summed E-state index contributed by atoms with van der Waals surface area (Å²) in [5.74, 6) is -1.29. The highest BCUT2D eigenvalue weighted by Crippen LogP contribution is 2.45. The molecule has 0 radical (unpaired) electrons. The number of carboxylic acids is 1. The van der Waals surface area contributed by atoms with Gasteiger partial charge in [-0.05, 0) is 67.4 Å². The minimum atomic E-state index is -1.41. The van der Waals surface area contributed by atoms with Gasteiger partial charge >= 0.3 is 11.9 Å². The summed E-state index contributed by atoms with van der Waals surface area (Å²) in [6.07, 6.45) is 2.12. The largest absolute Gasteiger partial charge is 0.480 e. The molecule has 0 aromatic heterocycles. The molecule has 0 heterocycles. The zero-order valence-corrected chi connectivity index (χ0v) is 16.7. The second-order valence-electron chi connectivity index (χ2n) is 8.21. The fourth-order valence-electron chi connectivity index (χ4n) is 4.91. The van der Waals surface area contributed by atoms with Crippen molar-refractivity contribution in [1.29, 1.82) is 0 Å². The number of hydrogen-bond donors (Lipinski definition) is 2. The summed E-state index contributed by atoms with van der Waals surface area (Å²) in [6.45, 7) is 1.02. The molecule has 2 aliphatic carbocycles. The lowest BCUT2D eigenvalue weighted by molar-refractivity contribution is -0.172. The van der Waals surface area contributed by atoms with Gasteiger partial charge in [0.1, 0.15) is 6.61 Å². The average molecular weight is 393 g/mol. The smallest absolute Gasteiger partial charge is 0.323 e. The maximum atomic E-state index is 13.0. The van der Waals surface area contributed by atoms with Crippen molar-refractivity contribution in [3.63, 3.8) is 0 Å². The van der Waals surface area contributed by atoms with Crippen molar-refractivity contribution in [3.05, 3.63) is 59.7 Å². The van der Waals surface area contributed by atoms with Crippen LogP contribution in [0, 0.1) is 11.3 Å². The number of aliphatic carboxylic acids is 1. The molecule has 0 aliphatic heterocycles. The van der Waals surface area contributed by atoms with Crippen LogP contribution < -0.4 is 5.32 Å². The Bertz CT molecular complexity index is 869. The standard InChI is InChI=1S/C24H27NO4/c1-25-14-16-10-12-24(13-11-16,22(26)27)23(28)29-15-21-19-8-4-2-6-17(19)18-7-3-5-9-20(18)21/h2-9,16,21,25H,10-15H2,1H3,(H,26,27). The summed E-state index contributed by atoms with van der Waals surface area (Å²) < 4.78 is 5.70. The van der Waals surface area contributed by atoms with Crippen LogP contribution in [0.5, 0.6) is 0 Å². The van der Waals surface area contributed by atoms with Crippen LogP contribution in [-0.4, -0.2) is 37.2 Å². The number of esters is 1. The van der Waals surface area contributed by atoms with Gasteiger partial charge in [-0.15, -0.1) is 0 Å². The van der Waals surface area contributed by atoms with Gasteiger partial charge in [-0.25, -0.2) is 0 Å². The first-order valence-electron chi connectivity index (χ1n) is 10.3. The molecule has 0 unspecified atom stereocenters. The maximum absolute atomic E-state index is 13.0. The van der Waals surface area contributed by atoms with Gasteiger partial charge in [0, 0.05) is 5.92 Å². The van der Waals surface area contributed by atoms with Gasteiger partial charge in [-0.1, -0.05) is 48.5 Å². The monoisotopic (exact) mass is 393 g/mol. The van der Waals surface area contributed by atoms with E-state index in [1.54, 1.807) is 0 Å². The molecular formula is C24H27NO4. The number of carboxylic acid groups (broad SMARTS) is 1. The van der Waals surface area contributed by atoms with Gasteiger partial charge in [0.15, 0.2) is 5.41 Å². The predicted octanol–water partition coefficient (Wildman–Crippen LogP) is 3.82. The first kappa shape index (κ1) is 19.6. The summed E-state index contributed by atoms with van der Waals surface area (Å²) in [5.41, 5.74) is 3.16. The summed E-state index contributed by atoms with van der Waals surface area (Å²) in [6, 6.07) is 16.3. The van der Waals surface area contributed by atoms with Gasteiger partial charge in [-0.3, -0.25) is 9.59 Å². The molecule has 0 saturated heterocycles. The third-order valence-electron chi connectivity index (χ3n) is 6.60. The van der Waals surface area contributed by atoms with Crippen LogP contribution >= 0.6 is 0 Å². The molecule has 0 bridgehead atoms. The zero-order valence-electron chi connectivity index (χ0n) is 16.7. The second-order valence-corrected chi connectivity index (χ2v) is 8.21. The Balaban J connectivity index is 1.51. The minimum absolute atomic E-state index is 0.0576. The molecule has 1 fully saturated rings. The molecule has 152 valence electrons. The Labute approximate surface area is 171 Å². The van der Waals surface area contributed by atoms with Crippen LogP contribution in [0.4, 0.5) is 0 Å². The van der Waals surface area contributed by atoms with Crippen molar-refractivity contribution < 1.29 is 19.4 Å². The van der Waals surface area contributed by atoms with Gasteiger partial charge in [0.25, 0.3) is 0 Å². The highest BCUT2D eigenvalue weighted by molar-refractivity contribution is 5.99. The number of rotatable bonds is 6. The van der Waals surface area contributed by atoms with E-state index in [2.05, 4.69) is 29.6 Å². The quantitative estimate of drug-likeness (QED) is 0.576. The lowest BCUT2D eigenvalue weighted by Crippen LogP contribution is -2.44. The van der Waals surface area contributed by atoms with Gasteiger partial charge in [0.2, 0.25) is 0 Å². The average Bonchev–Trinajstić information content (AvgIpc) is 3.06. The molecule has 5 heteroatoms. The number of hydrogen-bond acceptors (Lipinski definition) is 4. The van der Waals surface area contributed by atoms with Gasteiger partial charge < -0.3 is 15.2 Å². The number of benzene rings is 2. The first-order valence-corrected chi connectivity index (χ1v) is 10.3. The van der Waals surface area contributed by atoms with Crippen molar-refractivity contribution in [2.75, 3.05) is 20.2 Å². The number of ether oxygens (including phenoxy) is 1. The Hall–Kier alpha value is -2.66. The van der Waals surface area contributed by atoms with Crippen molar-refractivity contribution in [3.8, 4) is 11.1 Å². The molecule has 0 atom stereocenters. The maximum Gasteiger partial charge on any atom is 0.323 e. The molecule has 2 aliphatic rings. The molecular weight excluding hydrogens is 366 g/mol. The van der Waals surface area contributed by atoms with Crippen molar-refractivity contribution in [1.82, 2.24) is 5.32 Å². The number of nitrogens with one attached hydrogen (secondary N) is 1. The lowest BCUT2D eigenvalue weighted by atomic mass is 9.70. The summed E-state index contributed by atoms with van der Waals surface area (Å²) in [4.78, 5) is 25.0. The van der Waals surface area contributed by atoms with E-state index < -0.39 is 17.4 Å². The summed E-state index contributed by atoms with van der Waals surface area (Å²) >= 11 is 0. The molecule has 2 aromatic carbocycles. The second kappa shape index (κ2) is 7.99. The summed E-state index contributed by atoms with van der Waals surface area (Å²) in [5, 5.41) is 13.0. The number of fused-ring (bicyclic) bond motifs is 3. The van der Waals surface area contributed by atoms with E-state index in [0.29, 0.717) is 18.8 Å². The van der Waals surface area contributed by atoms with Gasteiger partial charge in [-0.2, -0.15) is 0 Å². The van der Waals surface area contributed by atoms with Crippen LogP contribution in [-0.2, 0) is 14.3 Å². The van der Waals surface area contributed by atoms with Crippen LogP contribution in [0.1, 0.15) is 42.7 Å². The van der Waals surface area contributed by atoms with E-state index in [1.165, 1.54) is 0 Å². The van der Waals surface area contributed by atoms with E-state index in [-0.39, 0.29) is 12.5 Å². The highest BCUT2D eigenvalue weighted by Gasteiger charge is 2.50. The molecule has 5 nitrogen and oxygen atoms in total. The number of carbonyl (C=O) groups excluding carboxylic acids is 1. The third kappa shape index (κ3) is 3.44. The Morgan fingerprint density at radius 1 is 1.03 bits per heavy atom. The lowest BCUT2D eigenvalue weighted by Gasteiger charge is -2.35. The Kier molecular flexibility index (Phi) is 5.41. The Morgan fingerprint density at radius 3 is 2.10 bits per heavy atom. The molecule has 1 saturated carbocycles. The zero-order chi connectivity index (χ0) is 20.4. The molecule has 0 spiro atoms. The first-order chi connectivity index (χ1) is 14.1. The van der Waals surface area contributed by atoms with E-state index in [0.717, 1.165) is 41.6 Å². The minimum Gasteiger partial charge on any atom is -0.480 e. The molecule has 2 N–H and O–H groups in total. The van der Waals surface area contributed by atoms with E-state index in [1.807, 2.05) is 31.3 Å². The normalized spacial score (nSPS) is 23.3.